The third kappa shape index (κ3) is 4.38. The van der Waals surface area contributed by atoms with Gasteiger partial charge in [-0.1, -0.05) is 11.6 Å². The molecule has 2 aromatic carbocycles. The first-order valence-electron chi connectivity index (χ1n) is 6.22. The molecule has 0 unspecified atom stereocenters. The highest BCUT2D eigenvalue weighted by atomic mass is 35.5. The summed E-state index contributed by atoms with van der Waals surface area (Å²) in [6.07, 6.45) is 0. The van der Waals surface area contributed by atoms with Gasteiger partial charge in [-0.3, -0.25) is 20.2 Å². The van der Waals surface area contributed by atoms with Crippen LogP contribution in [0.5, 0.6) is 5.75 Å². The van der Waals surface area contributed by atoms with E-state index in [1.165, 1.54) is 24.3 Å². The first-order chi connectivity index (χ1) is 10.9. The van der Waals surface area contributed by atoms with Crippen molar-refractivity contribution in [1.29, 1.82) is 0 Å². The van der Waals surface area contributed by atoms with Crippen LogP contribution in [0.15, 0.2) is 42.5 Å². The molecule has 0 bridgehead atoms. The average Bonchev–Trinajstić information content (AvgIpc) is 2.49. The Labute approximate surface area is 141 Å². The van der Waals surface area contributed by atoms with Crippen LogP contribution >= 0.6 is 23.8 Å². The maximum absolute atomic E-state index is 12.0. The molecule has 3 N–H and O–H groups in total. The minimum Gasteiger partial charge on any atom is -0.508 e. The molecule has 0 aromatic heterocycles. The van der Waals surface area contributed by atoms with Gasteiger partial charge in [-0.15, -0.1) is 0 Å². The number of phenols is 1. The number of benzene rings is 2. The average molecular weight is 352 g/mol. The van der Waals surface area contributed by atoms with E-state index in [2.05, 4.69) is 10.6 Å². The van der Waals surface area contributed by atoms with Crippen LogP contribution in [0.3, 0.4) is 0 Å². The first kappa shape index (κ1) is 16.7. The second-order valence-corrected chi connectivity index (χ2v) is 5.19. The fourth-order valence-corrected chi connectivity index (χ4v) is 2.07. The number of nitro groups is 1. The fraction of sp³-hybridized carbons (Fsp3) is 0. The van der Waals surface area contributed by atoms with Crippen molar-refractivity contribution in [3.05, 3.63) is 63.2 Å². The van der Waals surface area contributed by atoms with Crippen LogP contribution in [-0.2, 0) is 0 Å². The summed E-state index contributed by atoms with van der Waals surface area (Å²) in [6, 6.07) is 9.74. The molecule has 0 aliphatic rings. The van der Waals surface area contributed by atoms with Crippen LogP contribution in [0.2, 0.25) is 5.02 Å². The number of carbonyl (C=O) groups excluding carboxylic acids is 1. The van der Waals surface area contributed by atoms with Gasteiger partial charge in [0.25, 0.3) is 11.6 Å². The molecule has 9 heteroatoms. The summed E-state index contributed by atoms with van der Waals surface area (Å²) < 4.78 is 0. The normalized spacial score (nSPS) is 9.96. The Hall–Kier alpha value is -2.71. The second-order valence-electron chi connectivity index (χ2n) is 4.38. The number of carbonyl (C=O) groups is 1. The van der Waals surface area contributed by atoms with Crippen molar-refractivity contribution in [3.8, 4) is 5.75 Å². The van der Waals surface area contributed by atoms with Crippen molar-refractivity contribution in [3.63, 3.8) is 0 Å². The molecule has 0 radical (unpaired) electrons. The molecular formula is C14H10ClN3O4S. The standard InChI is InChI=1S/C14H10ClN3O4S/c15-11-6-1-8(7-12(11)18(21)22)13(20)17-14(23)16-9-2-4-10(19)5-3-9/h1-7,19H,(H2,16,17,20,23). The number of hydrogen-bond donors (Lipinski definition) is 3. The number of halogens is 1. The Bertz CT molecular complexity index is 780. The van der Waals surface area contributed by atoms with Gasteiger partial charge in [-0.05, 0) is 48.6 Å². The summed E-state index contributed by atoms with van der Waals surface area (Å²) in [5.74, 6) is -0.514. The Morgan fingerprint density at radius 3 is 2.48 bits per heavy atom. The molecule has 0 spiro atoms. The Kier molecular flexibility index (Phi) is 5.09. The number of amides is 1. The van der Waals surface area contributed by atoms with Gasteiger partial charge in [-0.25, -0.2) is 0 Å². The summed E-state index contributed by atoms with van der Waals surface area (Å²) in [6.45, 7) is 0. The van der Waals surface area contributed by atoms with Gasteiger partial charge in [0.05, 0.1) is 4.92 Å². The zero-order valence-electron chi connectivity index (χ0n) is 11.4. The molecule has 0 atom stereocenters. The largest absolute Gasteiger partial charge is 0.508 e. The van der Waals surface area contributed by atoms with E-state index in [0.29, 0.717) is 5.69 Å². The molecule has 7 nitrogen and oxygen atoms in total. The summed E-state index contributed by atoms with van der Waals surface area (Å²) in [4.78, 5) is 22.2. The predicted octanol–water partition coefficient (Wildman–Crippen LogP) is 3.08. The smallest absolute Gasteiger partial charge is 0.288 e. The molecule has 0 fully saturated rings. The van der Waals surface area contributed by atoms with Crippen LogP contribution in [0.1, 0.15) is 10.4 Å². The summed E-state index contributed by atoms with van der Waals surface area (Å²) in [5, 5.41) is 25.1. The van der Waals surface area contributed by atoms with Crippen LogP contribution in [0, 0.1) is 10.1 Å². The lowest BCUT2D eigenvalue weighted by atomic mass is 10.2. The Balaban J connectivity index is 2.06. The van der Waals surface area contributed by atoms with Gasteiger partial charge >= 0.3 is 0 Å². The van der Waals surface area contributed by atoms with Crippen molar-refractivity contribution in [2.45, 2.75) is 0 Å². The van der Waals surface area contributed by atoms with Crippen molar-refractivity contribution < 1.29 is 14.8 Å². The zero-order valence-corrected chi connectivity index (χ0v) is 13.0. The lowest BCUT2D eigenvalue weighted by molar-refractivity contribution is -0.384. The minimum absolute atomic E-state index is 0.0123. The van der Waals surface area contributed by atoms with E-state index < -0.39 is 10.8 Å². The molecule has 0 saturated heterocycles. The van der Waals surface area contributed by atoms with E-state index in [1.54, 1.807) is 12.1 Å². The van der Waals surface area contributed by atoms with Crippen molar-refractivity contribution in [1.82, 2.24) is 5.32 Å². The minimum atomic E-state index is -0.674. The van der Waals surface area contributed by atoms with Gasteiger partial charge < -0.3 is 10.4 Å². The number of nitro benzene ring substituents is 1. The summed E-state index contributed by atoms with van der Waals surface area (Å²) >= 11 is 10.7. The number of phenolic OH excluding ortho intramolecular Hbond substituents is 1. The lowest BCUT2D eigenvalue weighted by Crippen LogP contribution is -2.34. The number of anilines is 1. The number of thiocarbonyl (C=S) groups is 1. The van der Waals surface area contributed by atoms with E-state index >= 15 is 0 Å². The number of nitrogens with zero attached hydrogens (tertiary/aromatic N) is 1. The van der Waals surface area contributed by atoms with E-state index in [4.69, 9.17) is 23.8 Å². The van der Waals surface area contributed by atoms with Crippen molar-refractivity contribution >= 4 is 46.2 Å². The van der Waals surface area contributed by atoms with Gasteiger partial charge in [0.1, 0.15) is 10.8 Å². The first-order valence-corrected chi connectivity index (χ1v) is 7.01. The Morgan fingerprint density at radius 2 is 1.87 bits per heavy atom. The van der Waals surface area contributed by atoms with Crippen LogP contribution in [0.4, 0.5) is 11.4 Å². The van der Waals surface area contributed by atoms with Crippen molar-refractivity contribution in [2.75, 3.05) is 5.32 Å². The van der Waals surface area contributed by atoms with Gasteiger partial charge in [0, 0.05) is 17.3 Å². The number of aromatic hydroxyl groups is 1. The molecular weight excluding hydrogens is 342 g/mol. The molecule has 0 heterocycles. The van der Waals surface area contributed by atoms with Gasteiger partial charge in [0.2, 0.25) is 0 Å². The quantitative estimate of drug-likeness (QED) is 0.340. The molecule has 2 rings (SSSR count). The van der Waals surface area contributed by atoms with E-state index in [-0.39, 0.29) is 27.1 Å². The SMILES string of the molecule is O=C(NC(=S)Nc1ccc(O)cc1)c1ccc(Cl)c([N+](=O)[O-])c1. The molecule has 1 amide bonds. The maximum Gasteiger partial charge on any atom is 0.288 e. The molecule has 118 valence electrons. The molecule has 2 aromatic rings. The highest BCUT2D eigenvalue weighted by Gasteiger charge is 2.16. The molecule has 0 aliphatic heterocycles. The van der Waals surface area contributed by atoms with E-state index in [9.17, 15) is 20.0 Å². The number of hydrogen-bond acceptors (Lipinski definition) is 5. The number of nitrogens with one attached hydrogen (secondary N) is 2. The van der Waals surface area contributed by atoms with E-state index in [0.717, 1.165) is 6.07 Å². The Morgan fingerprint density at radius 1 is 1.22 bits per heavy atom. The third-order valence-electron chi connectivity index (χ3n) is 2.76. The van der Waals surface area contributed by atoms with Gasteiger partial charge in [-0.2, -0.15) is 0 Å². The summed E-state index contributed by atoms with van der Waals surface area (Å²) in [7, 11) is 0. The highest BCUT2D eigenvalue weighted by Crippen LogP contribution is 2.25. The van der Waals surface area contributed by atoms with Gasteiger partial charge in [0.15, 0.2) is 5.11 Å². The zero-order chi connectivity index (χ0) is 17.0. The van der Waals surface area contributed by atoms with E-state index in [1.807, 2.05) is 0 Å². The second kappa shape index (κ2) is 7.03. The predicted molar refractivity (Wildman–Crippen MR) is 89.9 cm³/mol. The molecule has 23 heavy (non-hydrogen) atoms. The lowest BCUT2D eigenvalue weighted by Gasteiger charge is -2.09. The fourth-order valence-electron chi connectivity index (χ4n) is 1.68. The third-order valence-corrected chi connectivity index (χ3v) is 3.28. The molecule has 0 aliphatic carbocycles. The topological polar surface area (TPSA) is 104 Å². The van der Waals surface area contributed by atoms with Crippen LogP contribution in [0.25, 0.3) is 0 Å². The number of rotatable bonds is 3. The van der Waals surface area contributed by atoms with Crippen molar-refractivity contribution in [2.24, 2.45) is 0 Å². The monoisotopic (exact) mass is 351 g/mol. The van der Waals surface area contributed by atoms with Crippen LogP contribution in [-0.4, -0.2) is 21.0 Å². The summed E-state index contributed by atoms with van der Waals surface area (Å²) in [5.41, 5.74) is 0.253. The highest BCUT2D eigenvalue weighted by molar-refractivity contribution is 7.80. The van der Waals surface area contributed by atoms with Crippen LogP contribution < -0.4 is 10.6 Å². The molecule has 0 saturated carbocycles. The maximum atomic E-state index is 12.0.